The molecule has 10 heteroatoms. The van der Waals surface area contributed by atoms with Crippen molar-refractivity contribution in [3.05, 3.63) is 30.6 Å². The van der Waals surface area contributed by atoms with Gasteiger partial charge in [0.1, 0.15) is 0 Å². The predicted molar refractivity (Wildman–Crippen MR) is 22.9 cm³/mol. The fourth-order valence-electron chi connectivity index (χ4n) is 0. The van der Waals surface area contributed by atoms with Crippen LogP contribution in [0.1, 0.15) is 0 Å². The van der Waals surface area contributed by atoms with Crippen molar-refractivity contribution >= 4 is 0 Å². The van der Waals surface area contributed by atoms with E-state index in [-0.39, 0.29) is 23.2 Å². The molecule has 4 radical (unpaired) electrons. The van der Waals surface area contributed by atoms with Gasteiger partial charge in [0, 0.05) is 6.15 Å². The molecule has 0 aliphatic rings. The normalized spacial score (nSPS) is 4.80. The predicted octanol–water partition coefficient (Wildman–Crippen LogP) is -0.961. The van der Waals surface area contributed by atoms with Crippen molar-refractivity contribution < 1.29 is 27.2 Å². The van der Waals surface area contributed by atoms with Crippen molar-refractivity contribution in [3.8, 4) is 0 Å². The largest absolute Gasteiger partial charge is 2.00 e. The van der Waals surface area contributed by atoms with E-state index in [4.69, 9.17) is 30.6 Å². The molecule has 10 heavy (non-hydrogen) atoms. The zero-order chi connectivity index (χ0) is 7.15. The van der Waals surface area contributed by atoms with Crippen LogP contribution in [-0.4, -0.2) is 10.2 Å². The minimum atomic E-state index is -1.75. The Balaban J connectivity index is -0.0000000300. The molecule has 0 fully saturated rings. The van der Waals surface area contributed by atoms with Gasteiger partial charge in [-0.1, -0.05) is 0 Å². The van der Waals surface area contributed by atoms with Crippen LogP contribution in [0, 0.1) is 30.6 Å². The van der Waals surface area contributed by atoms with Crippen molar-refractivity contribution in [2.24, 2.45) is 0 Å². The third-order valence-corrected chi connectivity index (χ3v) is 0. The van der Waals surface area contributed by atoms with Crippen LogP contribution in [0.2, 0.25) is 0 Å². The van der Waals surface area contributed by atoms with Crippen molar-refractivity contribution in [2.45, 2.75) is 0 Å². The Labute approximate surface area is 64.9 Å². The minimum absolute atomic E-state index is 0. The summed E-state index contributed by atoms with van der Waals surface area (Å²) in [5.41, 5.74) is 0. The molecule has 0 aliphatic heterocycles. The third kappa shape index (κ3) is 189. The first-order valence-electron chi connectivity index (χ1n) is 1.10. The Kier molecular flexibility index (Phi) is 36.3. The summed E-state index contributed by atoms with van der Waals surface area (Å²) in [6.07, 6.45) is 0. The van der Waals surface area contributed by atoms with Gasteiger partial charge in [0.05, 0.1) is 10.2 Å². The van der Waals surface area contributed by atoms with Crippen LogP contribution in [0.3, 0.4) is 0 Å². The number of rotatable bonds is 0. The standard InChI is InChI=1S/Cu.2NO3.N/c;2*2-1(3)4;/q+2;2*-1;. The Morgan fingerprint density at radius 1 is 0.800 bits per heavy atom. The molecule has 0 saturated heterocycles. The monoisotopic (exact) mass is 201 g/mol. The number of hydrogen-bond acceptors (Lipinski definition) is 6. The van der Waals surface area contributed by atoms with Crippen molar-refractivity contribution in [3.63, 3.8) is 0 Å². The van der Waals surface area contributed by atoms with Gasteiger partial charge in [-0.15, -0.1) is 0 Å². The van der Waals surface area contributed by atoms with Crippen molar-refractivity contribution in [1.29, 1.82) is 0 Å². The van der Waals surface area contributed by atoms with Gasteiger partial charge in [0.2, 0.25) is 0 Å². The summed E-state index contributed by atoms with van der Waals surface area (Å²) in [5.74, 6) is 0. The molecule has 0 heterocycles. The van der Waals surface area contributed by atoms with E-state index < -0.39 is 10.2 Å². The van der Waals surface area contributed by atoms with Gasteiger partial charge in [0.15, 0.2) is 0 Å². The molecule has 62 valence electrons. The summed E-state index contributed by atoms with van der Waals surface area (Å²) in [5, 5.41) is 29.5. The minimum Gasteiger partial charge on any atom is -0.356 e. The van der Waals surface area contributed by atoms with Gasteiger partial charge in [0.25, 0.3) is 0 Å². The fraction of sp³-hybridized carbons (Fsp3) is 0. The summed E-state index contributed by atoms with van der Waals surface area (Å²) >= 11 is 0. The zero-order valence-corrected chi connectivity index (χ0v) is 5.03. The zero-order valence-electron chi connectivity index (χ0n) is 4.09. The van der Waals surface area contributed by atoms with Gasteiger partial charge in [-0.25, -0.2) is 0 Å². The summed E-state index contributed by atoms with van der Waals surface area (Å²) in [7, 11) is 0. The van der Waals surface area contributed by atoms with Crippen molar-refractivity contribution in [1.82, 2.24) is 6.15 Å². The van der Waals surface area contributed by atoms with Crippen LogP contribution < -0.4 is 6.15 Å². The van der Waals surface area contributed by atoms with Gasteiger partial charge in [-0.2, -0.15) is 0 Å². The van der Waals surface area contributed by atoms with E-state index >= 15 is 0 Å². The molecule has 0 spiro atoms. The SMILES string of the molecule is O=[N+]([O-])[O-].O=[N+]([O-])[O-].[Cu+2].[N]. The summed E-state index contributed by atoms with van der Waals surface area (Å²) < 4.78 is 0. The average molecular weight is 202 g/mol. The van der Waals surface area contributed by atoms with Crippen LogP contribution in [0.15, 0.2) is 0 Å². The molecule has 0 aliphatic carbocycles. The molecule has 0 aromatic heterocycles. The van der Waals surface area contributed by atoms with Gasteiger partial charge >= 0.3 is 17.1 Å². The fourth-order valence-corrected chi connectivity index (χ4v) is 0. The molecule has 0 atom stereocenters. The number of nitrogens with zero attached hydrogens (tertiary/aromatic N) is 3. The van der Waals surface area contributed by atoms with Crippen LogP contribution in [-0.2, 0) is 17.1 Å². The Hall–Kier alpha value is -1.12. The summed E-state index contributed by atoms with van der Waals surface area (Å²) in [4.78, 5) is 16.5. The van der Waals surface area contributed by atoms with E-state index in [0.29, 0.717) is 0 Å². The molecule has 0 unspecified atom stereocenters. The second-order valence-electron chi connectivity index (χ2n) is 0.447. The van der Waals surface area contributed by atoms with Crippen LogP contribution in [0.5, 0.6) is 0 Å². The Morgan fingerprint density at radius 2 is 0.800 bits per heavy atom. The number of hydrogen-bond donors (Lipinski definition) is 0. The van der Waals surface area contributed by atoms with E-state index in [1.54, 1.807) is 0 Å². The van der Waals surface area contributed by atoms with E-state index in [0.717, 1.165) is 0 Å². The average Bonchev–Trinajstić information content (AvgIpc) is 1.25. The Morgan fingerprint density at radius 3 is 0.800 bits per heavy atom. The second-order valence-corrected chi connectivity index (χ2v) is 0.447. The van der Waals surface area contributed by atoms with E-state index in [9.17, 15) is 0 Å². The molecule has 0 aromatic carbocycles. The molecule has 0 rings (SSSR count). The topological polar surface area (TPSA) is 163 Å². The molecule has 0 amide bonds. The maximum absolute atomic E-state index is 8.25. The van der Waals surface area contributed by atoms with Crippen LogP contribution in [0.25, 0.3) is 0 Å². The molecular weight excluding hydrogens is 202 g/mol. The maximum atomic E-state index is 8.25. The quantitative estimate of drug-likeness (QED) is 0.278. The van der Waals surface area contributed by atoms with Crippen LogP contribution in [0.4, 0.5) is 0 Å². The third-order valence-electron chi connectivity index (χ3n) is 0. The molecule has 0 bridgehead atoms. The van der Waals surface area contributed by atoms with Gasteiger partial charge < -0.3 is 30.6 Å². The first-order valence-corrected chi connectivity index (χ1v) is 1.10. The molecular formula is CuN3O6. The van der Waals surface area contributed by atoms with Gasteiger partial charge in [-0.05, 0) is 0 Å². The van der Waals surface area contributed by atoms with Crippen molar-refractivity contribution in [2.75, 3.05) is 0 Å². The maximum Gasteiger partial charge on any atom is 2.00 e. The van der Waals surface area contributed by atoms with E-state index in [1.807, 2.05) is 0 Å². The molecule has 0 N–H and O–H groups in total. The van der Waals surface area contributed by atoms with E-state index in [1.165, 1.54) is 0 Å². The summed E-state index contributed by atoms with van der Waals surface area (Å²) in [6.45, 7) is 0. The smallest absolute Gasteiger partial charge is 0.356 e. The molecule has 9 nitrogen and oxygen atoms in total. The van der Waals surface area contributed by atoms with E-state index in [2.05, 4.69) is 0 Å². The Bertz CT molecular complexity index is 71.0. The molecule has 0 aromatic rings. The molecule has 0 saturated carbocycles. The first-order chi connectivity index (χ1) is 3.46. The summed E-state index contributed by atoms with van der Waals surface area (Å²) in [6, 6.07) is 0. The first kappa shape index (κ1) is 23.2. The van der Waals surface area contributed by atoms with Gasteiger partial charge in [-0.3, -0.25) is 0 Å². The second kappa shape index (κ2) is 15.7. The van der Waals surface area contributed by atoms with Crippen LogP contribution >= 0.6 is 0 Å².